The summed E-state index contributed by atoms with van der Waals surface area (Å²) in [6, 6.07) is 2.09. The minimum Gasteiger partial charge on any atom is -0.472 e. The molecule has 0 radical (unpaired) electrons. The zero-order chi connectivity index (χ0) is 11.4. The molecule has 0 amide bonds. The van der Waals surface area contributed by atoms with Gasteiger partial charge in [0.1, 0.15) is 6.26 Å². The smallest absolute Gasteiger partial charge is 0.167 e. The number of rotatable bonds is 4. The summed E-state index contributed by atoms with van der Waals surface area (Å²) in [6.07, 6.45) is 7.26. The van der Waals surface area contributed by atoms with Crippen LogP contribution in [-0.4, -0.2) is 18.4 Å². The molecule has 3 heteroatoms. The van der Waals surface area contributed by atoms with Crippen molar-refractivity contribution >= 4 is 5.78 Å². The van der Waals surface area contributed by atoms with Crippen LogP contribution in [0, 0.1) is 5.92 Å². The number of nitrogens with one attached hydrogen (secondary N) is 1. The Labute approximate surface area is 96.2 Å². The summed E-state index contributed by atoms with van der Waals surface area (Å²) < 4.78 is 4.93. The summed E-state index contributed by atoms with van der Waals surface area (Å²) >= 11 is 0. The van der Waals surface area contributed by atoms with Gasteiger partial charge >= 0.3 is 0 Å². The summed E-state index contributed by atoms with van der Waals surface area (Å²) in [5, 5.41) is 3.42. The summed E-state index contributed by atoms with van der Waals surface area (Å²) in [5.74, 6) is 0.964. The number of carbonyl (C=O) groups excluding carboxylic acids is 1. The highest BCUT2D eigenvalue weighted by atomic mass is 16.3. The Morgan fingerprint density at radius 2 is 2.50 bits per heavy atom. The Morgan fingerprint density at radius 1 is 1.62 bits per heavy atom. The van der Waals surface area contributed by atoms with Crippen molar-refractivity contribution in [3.63, 3.8) is 0 Å². The first-order valence-corrected chi connectivity index (χ1v) is 6.08. The van der Waals surface area contributed by atoms with E-state index in [2.05, 4.69) is 12.2 Å². The Bertz CT molecular complexity index is 332. The van der Waals surface area contributed by atoms with Crippen LogP contribution in [0.3, 0.4) is 0 Å². The lowest BCUT2D eigenvalue weighted by atomic mass is 9.88. The van der Waals surface area contributed by atoms with Crippen LogP contribution in [-0.2, 0) is 0 Å². The quantitative estimate of drug-likeness (QED) is 0.795. The maximum absolute atomic E-state index is 11.9. The number of piperidine rings is 1. The molecule has 1 aromatic heterocycles. The van der Waals surface area contributed by atoms with Crippen molar-refractivity contribution in [1.82, 2.24) is 5.32 Å². The van der Waals surface area contributed by atoms with E-state index in [-0.39, 0.29) is 5.78 Å². The monoisotopic (exact) mass is 221 g/mol. The highest BCUT2D eigenvalue weighted by molar-refractivity contribution is 5.96. The molecule has 0 aliphatic carbocycles. The fourth-order valence-electron chi connectivity index (χ4n) is 2.39. The molecule has 2 unspecified atom stereocenters. The molecule has 1 fully saturated rings. The van der Waals surface area contributed by atoms with E-state index in [1.54, 1.807) is 12.3 Å². The van der Waals surface area contributed by atoms with E-state index in [0.29, 0.717) is 18.0 Å². The van der Waals surface area contributed by atoms with Crippen molar-refractivity contribution in [2.75, 3.05) is 6.54 Å². The van der Waals surface area contributed by atoms with Gasteiger partial charge in [0, 0.05) is 12.5 Å². The first-order chi connectivity index (χ1) is 7.79. The van der Waals surface area contributed by atoms with Crippen molar-refractivity contribution in [2.45, 2.75) is 38.6 Å². The second-order valence-corrected chi connectivity index (χ2v) is 4.59. The first-order valence-electron chi connectivity index (χ1n) is 6.08. The van der Waals surface area contributed by atoms with E-state index >= 15 is 0 Å². The molecule has 16 heavy (non-hydrogen) atoms. The maximum Gasteiger partial charge on any atom is 0.167 e. The van der Waals surface area contributed by atoms with Gasteiger partial charge in [-0.1, -0.05) is 13.3 Å². The van der Waals surface area contributed by atoms with Crippen molar-refractivity contribution in [3.8, 4) is 0 Å². The molecule has 2 heterocycles. The molecule has 3 nitrogen and oxygen atoms in total. The maximum atomic E-state index is 11.9. The minimum absolute atomic E-state index is 0.183. The largest absolute Gasteiger partial charge is 0.472 e. The molecule has 2 rings (SSSR count). The molecule has 1 aliphatic heterocycles. The molecule has 0 bridgehead atoms. The standard InChI is InChI=1S/C13H19NO2/c1-2-10-3-5-14-12(7-10)8-13(15)11-4-6-16-9-11/h4,6,9-10,12,14H,2-3,5,7-8H2,1H3. The van der Waals surface area contributed by atoms with Gasteiger partial charge in [-0.2, -0.15) is 0 Å². The molecule has 1 aromatic rings. The summed E-state index contributed by atoms with van der Waals surface area (Å²) in [5.41, 5.74) is 0.695. The van der Waals surface area contributed by atoms with Crippen LogP contribution in [0.1, 0.15) is 43.0 Å². The van der Waals surface area contributed by atoms with Gasteiger partial charge in [0.2, 0.25) is 0 Å². The summed E-state index contributed by atoms with van der Waals surface area (Å²) in [6.45, 7) is 3.27. The number of ketones is 1. The first kappa shape index (κ1) is 11.4. The van der Waals surface area contributed by atoms with Crippen molar-refractivity contribution < 1.29 is 9.21 Å². The molecule has 0 saturated carbocycles. The zero-order valence-electron chi connectivity index (χ0n) is 9.74. The lowest BCUT2D eigenvalue weighted by Gasteiger charge is -2.29. The van der Waals surface area contributed by atoms with Gasteiger partial charge in [-0.3, -0.25) is 4.79 Å². The zero-order valence-corrected chi connectivity index (χ0v) is 9.74. The Kier molecular flexibility index (Phi) is 3.78. The second-order valence-electron chi connectivity index (χ2n) is 4.59. The number of Topliss-reactive ketones (excluding diaryl/α,β-unsaturated/α-hetero) is 1. The van der Waals surface area contributed by atoms with E-state index in [9.17, 15) is 4.79 Å². The molecule has 0 aromatic carbocycles. The Balaban J connectivity index is 1.87. The predicted molar refractivity (Wildman–Crippen MR) is 62.5 cm³/mol. The van der Waals surface area contributed by atoms with Gasteiger partial charge in [-0.25, -0.2) is 0 Å². The highest BCUT2D eigenvalue weighted by Gasteiger charge is 2.22. The van der Waals surface area contributed by atoms with Gasteiger partial charge in [0.05, 0.1) is 11.8 Å². The molecular formula is C13H19NO2. The van der Waals surface area contributed by atoms with Crippen LogP contribution in [0.2, 0.25) is 0 Å². The molecule has 88 valence electrons. The lowest BCUT2D eigenvalue weighted by molar-refractivity contribution is 0.0956. The van der Waals surface area contributed by atoms with Gasteiger partial charge in [0.15, 0.2) is 5.78 Å². The fraction of sp³-hybridized carbons (Fsp3) is 0.615. The predicted octanol–water partition coefficient (Wildman–Crippen LogP) is 2.63. The van der Waals surface area contributed by atoms with Crippen molar-refractivity contribution in [3.05, 3.63) is 24.2 Å². The average molecular weight is 221 g/mol. The molecule has 1 aliphatic rings. The normalized spacial score (nSPS) is 25.6. The van der Waals surface area contributed by atoms with Crippen LogP contribution in [0.5, 0.6) is 0 Å². The molecule has 1 N–H and O–H groups in total. The van der Waals surface area contributed by atoms with Crippen LogP contribution < -0.4 is 5.32 Å². The topological polar surface area (TPSA) is 42.2 Å². The number of hydrogen-bond donors (Lipinski definition) is 1. The third kappa shape index (κ3) is 2.73. The minimum atomic E-state index is 0.183. The SMILES string of the molecule is CCC1CCNC(CC(=O)c2ccoc2)C1. The van der Waals surface area contributed by atoms with Crippen molar-refractivity contribution in [1.29, 1.82) is 0 Å². The van der Waals surface area contributed by atoms with E-state index in [1.165, 1.54) is 19.1 Å². The summed E-state index contributed by atoms with van der Waals surface area (Å²) in [4.78, 5) is 11.9. The van der Waals surface area contributed by atoms with Crippen LogP contribution in [0.4, 0.5) is 0 Å². The van der Waals surface area contributed by atoms with Crippen LogP contribution in [0.15, 0.2) is 23.0 Å². The Morgan fingerprint density at radius 3 is 3.19 bits per heavy atom. The van der Waals surface area contributed by atoms with Gasteiger partial charge in [0.25, 0.3) is 0 Å². The van der Waals surface area contributed by atoms with E-state index in [1.807, 2.05) is 0 Å². The van der Waals surface area contributed by atoms with E-state index < -0.39 is 0 Å². The fourth-order valence-corrected chi connectivity index (χ4v) is 2.39. The molecule has 1 saturated heterocycles. The third-order valence-corrected chi connectivity index (χ3v) is 3.46. The van der Waals surface area contributed by atoms with Crippen LogP contribution >= 0.6 is 0 Å². The lowest BCUT2D eigenvalue weighted by Crippen LogP contribution is -2.39. The summed E-state index contributed by atoms with van der Waals surface area (Å²) in [7, 11) is 0. The van der Waals surface area contributed by atoms with Gasteiger partial charge in [-0.05, 0) is 31.4 Å². The third-order valence-electron chi connectivity index (χ3n) is 3.46. The Hall–Kier alpha value is -1.09. The van der Waals surface area contributed by atoms with Gasteiger partial charge in [-0.15, -0.1) is 0 Å². The average Bonchev–Trinajstić information content (AvgIpc) is 2.83. The number of hydrogen-bond acceptors (Lipinski definition) is 3. The van der Waals surface area contributed by atoms with Crippen LogP contribution in [0.25, 0.3) is 0 Å². The van der Waals surface area contributed by atoms with E-state index in [0.717, 1.165) is 18.9 Å². The number of carbonyl (C=O) groups is 1. The van der Waals surface area contributed by atoms with E-state index in [4.69, 9.17) is 4.42 Å². The molecule has 0 spiro atoms. The number of furan rings is 1. The van der Waals surface area contributed by atoms with Gasteiger partial charge < -0.3 is 9.73 Å². The van der Waals surface area contributed by atoms with Crippen molar-refractivity contribution in [2.24, 2.45) is 5.92 Å². The molecular weight excluding hydrogens is 202 g/mol. The molecule has 2 atom stereocenters. The second kappa shape index (κ2) is 5.30. The highest BCUT2D eigenvalue weighted by Crippen LogP contribution is 2.21.